The molecule has 0 saturated carbocycles. The summed E-state index contributed by atoms with van der Waals surface area (Å²) in [5.41, 5.74) is 6.43. The number of aryl methyl sites for hydroxylation is 1. The molecule has 144 valence electrons. The van der Waals surface area contributed by atoms with Crippen molar-refractivity contribution in [3.05, 3.63) is 58.7 Å². The van der Waals surface area contributed by atoms with Gasteiger partial charge in [0, 0.05) is 5.56 Å². The van der Waals surface area contributed by atoms with Crippen molar-refractivity contribution in [2.45, 2.75) is 20.0 Å². The van der Waals surface area contributed by atoms with E-state index in [0.717, 1.165) is 11.1 Å². The van der Waals surface area contributed by atoms with E-state index < -0.39 is 17.9 Å². The van der Waals surface area contributed by atoms with Gasteiger partial charge in [-0.3, -0.25) is 19.9 Å². The van der Waals surface area contributed by atoms with Gasteiger partial charge in [-0.1, -0.05) is 12.1 Å². The number of hydrogen-bond acceptors (Lipinski definition) is 6. The number of nitrogens with zero attached hydrogens (tertiary/aromatic N) is 1. The maximum atomic E-state index is 13.3. The number of carbonyl (C=O) groups is 2. The van der Waals surface area contributed by atoms with Crippen LogP contribution < -0.4 is 19.9 Å². The number of hydrogen-bond donors (Lipinski definition) is 1. The second-order valence-electron chi connectivity index (χ2n) is 6.65. The Kier molecular flexibility index (Phi) is 4.31. The topological polar surface area (TPSA) is 77.1 Å². The van der Waals surface area contributed by atoms with Crippen molar-refractivity contribution in [2.24, 2.45) is 0 Å². The quantitative estimate of drug-likeness (QED) is 0.822. The van der Waals surface area contributed by atoms with Crippen molar-refractivity contribution in [3.63, 3.8) is 0 Å². The molecule has 1 N–H and O–H groups in total. The highest BCUT2D eigenvalue weighted by Crippen LogP contribution is 2.40. The van der Waals surface area contributed by atoms with E-state index in [1.807, 2.05) is 26.0 Å². The van der Waals surface area contributed by atoms with E-state index in [2.05, 4.69) is 5.48 Å². The molecule has 2 heterocycles. The third-order valence-corrected chi connectivity index (χ3v) is 5.18. The molecule has 28 heavy (non-hydrogen) atoms. The molecule has 7 heteroatoms. The number of amides is 2. The summed E-state index contributed by atoms with van der Waals surface area (Å²) in [5.74, 6) is 0.300. The second-order valence-corrected chi connectivity index (χ2v) is 6.65. The normalized spacial score (nSPS) is 18.4. The molecule has 0 bridgehead atoms. The molecule has 4 rings (SSSR count). The minimum atomic E-state index is -1.00. The van der Waals surface area contributed by atoms with Crippen LogP contribution in [0.3, 0.4) is 0 Å². The lowest BCUT2D eigenvalue weighted by Crippen LogP contribution is -2.35. The van der Waals surface area contributed by atoms with Gasteiger partial charge in [-0.2, -0.15) is 0 Å². The summed E-state index contributed by atoms with van der Waals surface area (Å²) < 4.78 is 10.7. The van der Waals surface area contributed by atoms with Crippen molar-refractivity contribution in [1.82, 2.24) is 5.48 Å². The zero-order valence-corrected chi connectivity index (χ0v) is 16.0. The van der Waals surface area contributed by atoms with E-state index in [9.17, 15) is 9.59 Å². The predicted octanol–water partition coefficient (Wildman–Crippen LogP) is 2.51. The van der Waals surface area contributed by atoms with Crippen LogP contribution in [0, 0.1) is 13.8 Å². The number of anilines is 1. The standard InChI is InChI=1S/C21H20N2O5/c1-11-6-5-7-15(12(11)2)23-20(24)17-18(22-28-19(17)21(23)25)14-10-13(26-3)8-9-16(14)27-4/h5-10,19,22H,1-4H3/t19-/m1/s1. The molecule has 7 nitrogen and oxygen atoms in total. The Labute approximate surface area is 162 Å². The van der Waals surface area contributed by atoms with Gasteiger partial charge in [-0.15, -0.1) is 0 Å². The monoisotopic (exact) mass is 380 g/mol. The first-order valence-corrected chi connectivity index (χ1v) is 8.80. The number of carbonyl (C=O) groups excluding carboxylic acids is 2. The van der Waals surface area contributed by atoms with E-state index in [4.69, 9.17) is 14.3 Å². The van der Waals surface area contributed by atoms with Crippen LogP contribution in [0.4, 0.5) is 5.69 Å². The van der Waals surface area contributed by atoms with E-state index in [-0.39, 0.29) is 5.57 Å². The second kappa shape index (κ2) is 6.69. The van der Waals surface area contributed by atoms with Gasteiger partial charge in [0.05, 0.1) is 31.2 Å². The maximum Gasteiger partial charge on any atom is 0.270 e. The highest BCUT2D eigenvalue weighted by molar-refractivity contribution is 6.33. The number of hydroxylamine groups is 1. The molecule has 0 radical (unpaired) electrons. The molecule has 2 aromatic carbocycles. The van der Waals surface area contributed by atoms with E-state index in [1.54, 1.807) is 31.4 Å². The third kappa shape index (κ3) is 2.55. The first kappa shape index (κ1) is 18.1. The van der Waals surface area contributed by atoms with Crippen LogP contribution in [0.1, 0.15) is 16.7 Å². The van der Waals surface area contributed by atoms with Crippen molar-refractivity contribution in [2.75, 3.05) is 19.1 Å². The molecule has 0 aliphatic carbocycles. The van der Waals surface area contributed by atoms with Crippen LogP contribution in [-0.2, 0) is 14.4 Å². The summed E-state index contributed by atoms with van der Waals surface area (Å²) in [6, 6.07) is 10.8. The van der Waals surface area contributed by atoms with E-state index in [1.165, 1.54) is 12.0 Å². The van der Waals surface area contributed by atoms with Crippen LogP contribution in [-0.4, -0.2) is 32.1 Å². The van der Waals surface area contributed by atoms with Gasteiger partial charge < -0.3 is 9.47 Å². The Morgan fingerprint density at radius 3 is 2.57 bits per heavy atom. The number of methoxy groups -OCH3 is 2. The average molecular weight is 380 g/mol. The molecular weight excluding hydrogens is 360 g/mol. The fraction of sp³-hybridized carbons (Fsp3) is 0.238. The van der Waals surface area contributed by atoms with Crippen LogP contribution >= 0.6 is 0 Å². The van der Waals surface area contributed by atoms with Crippen molar-refractivity contribution in [3.8, 4) is 11.5 Å². The average Bonchev–Trinajstić information content (AvgIpc) is 3.24. The molecule has 0 unspecified atom stereocenters. The third-order valence-electron chi connectivity index (χ3n) is 5.18. The number of imide groups is 1. The molecule has 1 saturated heterocycles. The molecule has 1 atom stereocenters. The smallest absolute Gasteiger partial charge is 0.270 e. The van der Waals surface area contributed by atoms with Crippen LogP contribution in [0.5, 0.6) is 11.5 Å². The Balaban J connectivity index is 1.86. The summed E-state index contributed by atoms with van der Waals surface area (Å²) in [5, 5.41) is 0. The molecule has 0 aromatic heterocycles. The zero-order valence-electron chi connectivity index (χ0n) is 16.0. The molecule has 0 spiro atoms. The van der Waals surface area contributed by atoms with Crippen molar-refractivity contribution < 1.29 is 23.9 Å². The predicted molar refractivity (Wildman–Crippen MR) is 103 cm³/mol. The van der Waals surface area contributed by atoms with Gasteiger partial charge in [-0.25, -0.2) is 4.90 Å². The van der Waals surface area contributed by atoms with Gasteiger partial charge in [0.15, 0.2) is 6.10 Å². The fourth-order valence-electron chi connectivity index (χ4n) is 3.51. The zero-order chi connectivity index (χ0) is 20.0. The van der Waals surface area contributed by atoms with Crippen LogP contribution in [0.15, 0.2) is 42.0 Å². The molecule has 2 aliphatic heterocycles. The Hall–Kier alpha value is -3.32. The first-order valence-electron chi connectivity index (χ1n) is 8.80. The number of ether oxygens (including phenoxy) is 2. The highest BCUT2D eigenvalue weighted by atomic mass is 16.7. The summed E-state index contributed by atoms with van der Waals surface area (Å²) in [4.78, 5) is 32.9. The summed E-state index contributed by atoms with van der Waals surface area (Å²) in [7, 11) is 3.09. The summed E-state index contributed by atoms with van der Waals surface area (Å²) in [6.07, 6.45) is -1.00. The Bertz CT molecular complexity index is 1030. The lowest BCUT2D eigenvalue weighted by molar-refractivity contribution is -0.127. The maximum absolute atomic E-state index is 13.3. The largest absolute Gasteiger partial charge is 0.497 e. The van der Waals surface area contributed by atoms with Crippen molar-refractivity contribution in [1.29, 1.82) is 0 Å². The Morgan fingerprint density at radius 1 is 1.07 bits per heavy atom. The molecule has 2 amide bonds. The number of fused-ring (bicyclic) bond motifs is 1. The van der Waals surface area contributed by atoms with Gasteiger partial charge in [0.25, 0.3) is 11.8 Å². The minimum Gasteiger partial charge on any atom is -0.497 e. The number of rotatable bonds is 4. The highest BCUT2D eigenvalue weighted by Gasteiger charge is 2.51. The molecule has 1 fully saturated rings. The fourth-order valence-corrected chi connectivity index (χ4v) is 3.51. The van der Waals surface area contributed by atoms with E-state index in [0.29, 0.717) is 28.4 Å². The van der Waals surface area contributed by atoms with Gasteiger partial charge in [-0.05, 0) is 49.2 Å². The lowest BCUT2D eigenvalue weighted by atomic mass is 10.0. The van der Waals surface area contributed by atoms with E-state index >= 15 is 0 Å². The van der Waals surface area contributed by atoms with Crippen LogP contribution in [0.2, 0.25) is 0 Å². The SMILES string of the molecule is COc1ccc(OC)c(C2=C3C(=O)N(c4cccc(C)c4C)C(=O)[C@@H]3ON2)c1. The number of benzene rings is 2. The summed E-state index contributed by atoms with van der Waals surface area (Å²) in [6.45, 7) is 3.83. The Morgan fingerprint density at radius 2 is 1.86 bits per heavy atom. The molecule has 2 aliphatic rings. The van der Waals surface area contributed by atoms with Gasteiger partial charge in [0.2, 0.25) is 0 Å². The van der Waals surface area contributed by atoms with Crippen LogP contribution in [0.25, 0.3) is 5.70 Å². The first-order chi connectivity index (χ1) is 13.5. The minimum absolute atomic E-state index is 0.262. The lowest BCUT2D eigenvalue weighted by Gasteiger charge is -2.19. The summed E-state index contributed by atoms with van der Waals surface area (Å²) >= 11 is 0. The van der Waals surface area contributed by atoms with Crippen molar-refractivity contribution >= 4 is 23.2 Å². The van der Waals surface area contributed by atoms with Gasteiger partial charge >= 0.3 is 0 Å². The van der Waals surface area contributed by atoms with Gasteiger partial charge in [0.1, 0.15) is 11.5 Å². The molecular formula is C21H20N2O5. The molecule has 2 aromatic rings. The number of nitrogens with one attached hydrogen (secondary N) is 1.